The molecule has 7 heteroatoms. The number of anilines is 1. The van der Waals surface area contributed by atoms with Crippen molar-refractivity contribution in [1.29, 1.82) is 0 Å². The molecule has 0 radical (unpaired) electrons. The molecule has 1 heterocycles. The van der Waals surface area contributed by atoms with E-state index in [0.29, 0.717) is 12.1 Å². The maximum absolute atomic E-state index is 12.7. The van der Waals surface area contributed by atoms with Crippen molar-refractivity contribution in [3.63, 3.8) is 0 Å². The molecule has 1 atom stereocenters. The van der Waals surface area contributed by atoms with Gasteiger partial charge in [0.2, 0.25) is 10.0 Å². The third-order valence-electron chi connectivity index (χ3n) is 3.31. The lowest BCUT2D eigenvalue weighted by atomic mass is 10.2. The van der Waals surface area contributed by atoms with Gasteiger partial charge in [-0.25, -0.2) is 8.42 Å². The Balaban J connectivity index is 2.27. The highest BCUT2D eigenvalue weighted by Crippen LogP contribution is 2.27. The van der Waals surface area contributed by atoms with Crippen molar-refractivity contribution in [3.05, 3.63) is 45.6 Å². The lowest BCUT2D eigenvalue weighted by molar-refractivity contribution is 0.388. The number of benzene rings is 1. The van der Waals surface area contributed by atoms with Crippen LogP contribution in [0.2, 0.25) is 5.02 Å². The summed E-state index contributed by atoms with van der Waals surface area (Å²) in [4.78, 5) is 1.19. The second-order valence-corrected chi connectivity index (χ2v) is 8.25. The van der Waals surface area contributed by atoms with Gasteiger partial charge in [0.25, 0.3) is 0 Å². The van der Waals surface area contributed by atoms with Gasteiger partial charge in [0.05, 0.1) is 5.02 Å². The third-order valence-corrected chi connectivity index (χ3v) is 6.66. The van der Waals surface area contributed by atoms with E-state index in [1.54, 1.807) is 24.5 Å². The molecule has 1 aromatic carbocycles. The van der Waals surface area contributed by atoms with Crippen LogP contribution in [0, 0.1) is 0 Å². The summed E-state index contributed by atoms with van der Waals surface area (Å²) in [6.07, 6.45) is 0.660. The molecule has 0 saturated carbocycles. The summed E-state index contributed by atoms with van der Waals surface area (Å²) < 4.78 is 26.7. The van der Waals surface area contributed by atoms with Gasteiger partial charge in [-0.3, -0.25) is 0 Å². The Morgan fingerprint density at radius 1 is 1.38 bits per heavy atom. The molecule has 21 heavy (non-hydrogen) atoms. The molecule has 0 amide bonds. The van der Waals surface area contributed by atoms with E-state index < -0.39 is 10.0 Å². The van der Waals surface area contributed by atoms with Gasteiger partial charge in [-0.15, -0.1) is 11.3 Å². The van der Waals surface area contributed by atoms with E-state index in [9.17, 15) is 8.42 Å². The van der Waals surface area contributed by atoms with Gasteiger partial charge >= 0.3 is 0 Å². The number of rotatable bonds is 5. The summed E-state index contributed by atoms with van der Waals surface area (Å²) in [5, 5.41) is 2.16. The molecule has 0 aliphatic heterocycles. The molecule has 0 aliphatic carbocycles. The zero-order chi connectivity index (χ0) is 15.6. The number of hydrogen-bond acceptors (Lipinski definition) is 4. The number of nitrogen functional groups attached to an aromatic ring is 1. The van der Waals surface area contributed by atoms with Crippen LogP contribution in [0.4, 0.5) is 5.69 Å². The minimum absolute atomic E-state index is 0.0460. The van der Waals surface area contributed by atoms with Crippen LogP contribution in [0.5, 0.6) is 0 Å². The van der Waals surface area contributed by atoms with Gasteiger partial charge in [-0.05, 0) is 43.0 Å². The summed E-state index contributed by atoms with van der Waals surface area (Å²) >= 11 is 7.63. The smallest absolute Gasteiger partial charge is 0.244 e. The first-order chi connectivity index (χ1) is 9.82. The van der Waals surface area contributed by atoms with Crippen LogP contribution in [-0.2, 0) is 16.4 Å². The second kappa shape index (κ2) is 6.36. The fraction of sp³-hybridized carbons (Fsp3) is 0.286. The van der Waals surface area contributed by atoms with E-state index in [0.717, 1.165) is 4.88 Å². The molecule has 0 spiro atoms. The Kier molecular flexibility index (Phi) is 4.93. The molecule has 1 aromatic heterocycles. The second-order valence-electron chi connectivity index (χ2n) is 4.84. The molecule has 0 fully saturated rings. The quantitative estimate of drug-likeness (QED) is 0.847. The van der Waals surface area contributed by atoms with E-state index in [-0.39, 0.29) is 16.0 Å². The third kappa shape index (κ3) is 3.58. The monoisotopic (exact) mass is 344 g/mol. The van der Waals surface area contributed by atoms with Gasteiger partial charge in [-0.1, -0.05) is 17.7 Å². The standard InChI is InChI=1S/C14H17ClN2O2S2/c1-10(8-12-4-3-7-20-12)17(2)21(18,19)14-9-11(16)5-6-13(14)15/h3-7,9-10H,8,16H2,1-2H3. The fourth-order valence-electron chi connectivity index (χ4n) is 1.96. The van der Waals surface area contributed by atoms with Crippen molar-refractivity contribution in [3.8, 4) is 0 Å². The number of nitrogens with zero attached hydrogens (tertiary/aromatic N) is 1. The summed E-state index contributed by atoms with van der Waals surface area (Å²) in [5.74, 6) is 0. The normalized spacial score (nSPS) is 13.5. The summed E-state index contributed by atoms with van der Waals surface area (Å²) in [6, 6.07) is 8.25. The van der Waals surface area contributed by atoms with Gasteiger partial charge in [0.15, 0.2) is 0 Å². The van der Waals surface area contributed by atoms with Gasteiger partial charge < -0.3 is 5.73 Å². The van der Waals surface area contributed by atoms with Crippen molar-refractivity contribution < 1.29 is 8.42 Å². The Morgan fingerprint density at radius 3 is 2.71 bits per heavy atom. The molecule has 1 unspecified atom stereocenters. The minimum Gasteiger partial charge on any atom is -0.399 e. The average Bonchev–Trinajstić information content (AvgIpc) is 2.93. The highest BCUT2D eigenvalue weighted by atomic mass is 35.5. The number of hydrogen-bond donors (Lipinski definition) is 1. The molecule has 0 aliphatic rings. The molecule has 4 nitrogen and oxygen atoms in total. The van der Waals surface area contributed by atoms with Gasteiger partial charge in [-0.2, -0.15) is 4.31 Å². The zero-order valence-corrected chi connectivity index (χ0v) is 14.2. The molecule has 2 rings (SSSR count). The van der Waals surface area contributed by atoms with Crippen LogP contribution in [0.3, 0.4) is 0 Å². The Bertz CT molecular complexity index is 715. The highest BCUT2D eigenvalue weighted by Gasteiger charge is 2.27. The molecule has 114 valence electrons. The molecular formula is C14H17ClN2O2S2. The molecule has 2 N–H and O–H groups in total. The van der Waals surface area contributed by atoms with E-state index in [4.69, 9.17) is 17.3 Å². The van der Waals surface area contributed by atoms with E-state index in [2.05, 4.69) is 0 Å². The van der Waals surface area contributed by atoms with Crippen molar-refractivity contribution in [2.45, 2.75) is 24.3 Å². The number of halogens is 1. The number of thiophene rings is 1. The largest absolute Gasteiger partial charge is 0.399 e. The van der Waals surface area contributed by atoms with E-state index in [1.165, 1.54) is 16.4 Å². The van der Waals surface area contributed by atoms with Crippen LogP contribution < -0.4 is 5.73 Å². The zero-order valence-electron chi connectivity index (χ0n) is 11.8. The van der Waals surface area contributed by atoms with E-state index in [1.807, 2.05) is 24.4 Å². The van der Waals surface area contributed by atoms with Gasteiger partial charge in [0.1, 0.15) is 4.90 Å². The van der Waals surface area contributed by atoms with Crippen molar-refractivity contribution in [1.82, 2.24) is 4.31 Å². The average molecular weight is 345 g/mol. The Morgan fingerprint density at radius 2 is 2.10 bits per heavy atom. The fourth-order valence-corrected chi connectivity index (χ4v) is 4.65. The minimum atomic E-state index is -3.67. The molecule has 0 saturated heterocycles. The van der Waals surface area contributed by atoms with Gasteiger partial charge in [0, 0.05) is 23.7 Å². The van der Waals surface area contributed by atoms with Crippen LogP contribution >= 0.6 is 22.9 Å². The highest BCUT2D eigenvalue weighted by molar-refractivity contribution is 7.89. The van der Waals surface area contributed by atoms with Crippen molar-refractivity contribution >= 4 is 38.6 Å². The molecule has 2 aromatic rings. The van der Waals surface area contributed by atoms with E-state index >= 15 is 0 Å². The summed E-state index contributed by atoms with van der Waals surface area (Å²) in [7, 11) is -2.11. The maximum atomic E-state index is 12.7. The lowest BCUT2D eigenvalue weighted by Crippen LogP contribution is -2.36. The first-order valence-corrected chi connectivity index (χ1v) is 9.07. The predicted molar refractivity (Wildman–Crippen MR) is 88.3 cm³/mol. The van der Waals surface area contributed by atoms with Crippen molar-refractivity contribution in [2.24, 2.45) is 0 Å². The Labute approximate surface area is 134 Å². The maximum Gasteiger partial charge on any atom is 0.244 e. The number of likely N-dealkylation sites (N-methyl/N-ethyl adjacent to an activating group) is 1. The predicted octanol–water partition coefficient (Wildman–Crippen LogP) is 3.24. The SMILES string of the molecule is CC(Cc1cccs1)N(C)S(=O)(=O)c1cc(N)ccc1Cl. The number of sulfonamides is 1. The summed E-state index contributed by atoms with van der Waals surface area (Å²) in [6.45, 7) is 1.87. The number of nitrogens with two attached hydrogens (primary N) is 1. The van der Waals surface area contributed by atoms with Crippen LogP contribution in [0.1, 0.15) is 11.8 Å². The molecular weight excluding hydrogens is 328 g/mol. The Hall–Kier alpha value is -1.08. The van der Waals surface area contributed by atoms with Crippen LogP contribution in [-0.4, -0.2) is 25.8 Å². The molecule has 0 bridgehead atoms. The van der Waals surface area contributed by atoms with Crippen molar-refractivity contribution in [2.75, 3.05) is 12.8 Å². The topological polar surface area (TPSA) is 63.4 Å². The lowest BCUT2D eigenvalue weighted by Gasteiger charge is -2.24. The first kappa shape index (κ1) is 16.3. The first-order valence-electron chi connectivity index (χ1n) is 6.38. The summed E-state index contributed by atoms with van der Waals surface area (Å²) in [5.41, 5.74) is 6.04. The van der Waals surface area contributed by atoms with Crippen LogP contribution in [0.15, 0.2) is 40.6 Å². The van der Waals surface area contributed by atoms with Crippen LogP contribution in [0.25, 0.3) is 0 Å².